The lowest BCUT2D eigenvalue weighted by molar-refractivity contribution is -0.597. The van der Waals surface area contributed by atoms with Crippen LogP contribution in [0, 0.1) is 7.14 Å². The van der Waals surface area contributed by atoms with Crippen LogP contribution in [0.5, 0.6) is 0 Å². The zero-order chi connectivity index (χ0) is 18.4. The molecule has 4 nitrogen and oxygen atoms in total. The Labute approximate surface area is 175 Å². The third kappa shape index (κ3) is 3.31. The van der Waals surface area contributed by atoms with Gasteiger partial charge >= 0.3 is 26.8 Å². The fraction of sp³-hybridized carbons (Fsp3) is 0. The van der Waals surface area contributed by atoms with E-state index in [-0.39, 0.29) is 23.5 Å². The predicted molar refractivity (Wildman–Crippen MR) is 99.9 cm³/mol. The maximum Gasteiger partial charge on any atom is 0.358 e. The van der Waals surface area contributed by atoms with Crippen LogP contribution >= 0.6 is 0 Å². The maximum atomic E-state index is 12.8. The van der Waals surface area contributed by atoms with Crippen LogP contribution in [0.1, 0.15) is 0 Å². The first kappa shape index (κ1) is 18.7. The molecule has 0 fully saturated rings. The zero-order valence-electron chi connectivity index (χ0n) is 14.3. The van der Waals surface area contributed by atoms with E-state index >= 15 is 0 Å². The lowest BCUT2D eigenvalue weighted by Gasteiger charge is -2.00. The Balaban J connectivity index is 0.00000192. The molecule has 0 saturated heterocycles. The van der Waals surface area contributed by atoms with Gasteiger partial charge in [0, 0.05) is 23.6 Å². The van der Waals surface area contributed by atoms with E-state index in [1.54, 1.807) is 18.2 Å². The average molecular weight is 503 g/mol. The maximum absolute atomic E-state index is 12.8. The summed E-state index contributed by atoms with van der Waals surface area (Å²) in [6.07, 6.45) is 0. The minimum absolute atomic E-state index is 0. The molecular weight excluding hydrogens is 491 g/mol. The van der Waals surface area contributed by atoms with E-state index in [2.05, 4.69) is 0 Å². The molecule has 5 rings (SSSR count). The molecule has 6 heteroatoms. The summed E-state index contributed by atoms with van der Waals surface area (Å²) in [7, 11) is 0. The van der Waals surface area contributed by atoms with Gasteiger partial charge < -0.3 is 21.2 Å². The van der Waals surface area contributed by atoms with Gasteiger partial charge in [-0.15, -0.1) is 0 Å². The van der Waals surface area contributed by atoms with Crippen molar-refractivity contribution in [2.75, 3.05) is 0 Å². The number of halogens is 2. The predicted octanol–water partition coefficient (Wildman–Crippen LogP) is -1.81. The molecule has 0 unspecified atom stereocenters. The first-order valence-electron chi connectivity index (χ1n) is 8.32. The molecule has 3 aromatic carbocycles. The van der Waals surface area contributed by atoms with Crippen molar-refractivity contribution >= 4 is 32.9 Å². The summed E-state index contributed by atoms with van der Waals surface area (Å²) in [6, 6.07) is 22.2. The van der Waals surface area contributed by atoms with Crippen molar-refractivity contribution in [1.29, 1.82) is 0 Å². The van der Waals surface area contributed by atoms with Gasteiger partial charge in [-0.1, -0.05) is 12.1 Å². The van der Waals surface area contributed by atoms with Crippen LogP contribution in [0.3, 0.4) is 0 Å². The van der Waals surface area contributed by atoms with Crippen LogP contribution < -0.4 is 44.7 Å². The number of hydrogen-bond acceptors (Lipinski definition) is 4. The standard InChI is InChI=1S/C22H12IO4.ClH/c24-21-10-6-13-5-7-15(12-20(13)27-21)23-14-8-9-19-17(11-14)22(25)16-3-1-2-4-18(16)26-19;/h1-12H;1H/q+1;/p-1. The second-order valence-electron chi connectivity index (χ2n) is 6.10. The molecule has 0 bridgehead atoms. The van der Waals surface area contributed by atoms with E-state index < -0.39 is 21.2 Å². The van der Waals surface area contributed by atoms with Crippen molar-refractivity contribution in [3.63, 3.8) is 0 Å². The Bertz CT molecular complexity index is 1450. The fourth-order valence-corrected chi connectivity index (χ4v) is 5.40. The van der Waals surface area contributed by atoms with Crippen LogP contribution in [0.4, 0.5) is 0 Å². The molecule has 2 aromatic heterocycles. The zero-order valence-corrected chi connectivity index (χ0v) is 17.2. The van der Waals surface area contributed by atoms with E-state index in [0.29, 0.717) is 27.5 Å². The SMILES string of the molecule is O=c1ccc2ccc([I+]c3ccc4oc5ccccc5c(=O)c4c3)cc2o1.[Cl-]. The van der Waals surface area contributed by atoms with Gasteiger partial charge in [-0.3, -0.25) is 4.79 Å². The molecule has 0 saturated carbocycles. The monoisotopic (exact) mass is 502 g/mol. The van der Waals surface area contributed by atoms with Crippen molar-refractivity contribution in [2.45, 2.75) is 0 Å². The first-order chi connectivity index (χ1) is 13.2. The minimum atomic E-state index is -0.530. The molecule has 0 aliphatic heterocycles. The summed E-state index contributed by atoms with van der Waals surface area (Å²) < 4.78 is 13.4. The Hall–Kier alpha value is -2.64. The van der Waals surface area contributed by atoms with E-state index in [1.807, 2.05) is 48.5 Å². The van der Waals surface area contributed by atoms with E-state index in [0.717, 1.165) is 12.5 Å². The number of benzene rings is 3. The molecule has 2 heterocycles. The highest BCUT2D eigenvalue weighted by Crippen LogP contribution is 2.17. The van der Waals surface area contributed by atoms with E-state index in [4.69, 9.17) is 8.83 Å². The Morgan fingerprint density at radius 1 is 0.643 bits per heavy atom. The van der Waals surface area contributed by atoms with Crippen LogP contribution in [0.15, 0.2) is 91.2 Å². The second kappa shape index (κ2) is 7.41. The number of fused-ring (bicyclic) bond motifs is 3. The van der Waals surface area contributed by atoms with Crippen LogP contribution in [0.25, 0.3) is 32.9 Å². The lowest BCUT2D eigenvalue weighted by atomic mass is 10.1. The Morgan fingerprint density at radius 2 is 1.36 bits per heavy atom. The van der Waals surface area contributed by atoms with E-state index in [1.165, 1.54) is 6.07 Å². The number of para-hydroxylation sites is 1. The van der Waals surface area contributed by atoms with Gasteiger partial charge in [-0.2, -0.15) is 0 Å². The van der Waals surface area contributed by atoms with Crippen LogP contribution in [-0.2, 0) is 0 Å². The van der Waals surface area contributed by atoms with Gasteiger partial charge in [-0.05, 0) is 42.5 Å². The summed E-state index contributed by atoms with van der Waals surface area (Å²) in [5.41, 5.74) is 1.42. The molecule has 0 aliphatic carbocycles. The highest BCUT2D eigenvalue weighted by atomic mass is 127. The summed E-state index contributed by atoms with van der Waals surface area (Å²) in [5.74, 6) is 0. The molecule has 138 valence electrons. The number of hydrogen-bond donors (Lipinski definition) is 0. The Morgan fingerprint density at radius 3 is 2.25 bits per heavy atom. The summed E-state index contributed by atoms with van der Waals surface area (Å²) in [5, 5.41) is 2.08. The summed E-state index contributed by atoms with van der Waals surface area (Å²) in [6.45, 7) is 0. The highest BCUT2D eigenvalue weighted by Gasteiger charge is 2.19. The molecule has 28 heavy (non-hydrogen) atoms. The topological polar surface area (TPSA) is 60.4 Å². The lowest BCUT2D eigenvalue weighted by Crippen LogP contribution is -3.61. The second-order valence-corrected chi connectivity index (χ2v) is 9.13. The molecule has 0 N–H and O–H groups in total. The van der Waals surface area contributed by atoms with Crippen molar-refractivity contribution in [3.05, 3.63) is 101 Å². The normalized spacial score (nSPS) is 11.0. The van der Waals surface area contributed by atoms with Gasteiger partial charge in [0.15, 0.2) is 7.14 Å². The number of rotatable bonds is 2. The molecule has 0 aliphatic rings. The summed E-state index contributed by atoms with van der Waals surface area (Å²) in [4.78, 5) is 24.2. The van der Waals surface area contributed by atoms with E-state index in [9.17, 15) is 9.59 Å². The molecule has 5 aromatic rings. The molecule has 0 amide bonds. The molecule has 0 spiro atoms. The van der Waals surface area contributed by atoms with Crippen LogP contribution in [0.2, 0.25) is 0 Å². The Kier molecular flexibility index (Phi) is 4.95. The fourth-order valence-electron chi connectivity index (χ4n) is 3.05. The van der Waals surface area contributed by atoms with Crippen molar-refractivity contribution in [2.24, 2.45) is 0 Å². The quantitative estimate of drug-likeness (QED) is 0.162. The minimum Gasteiger partial charge on any atom is -1.00 e. The van der Waals surface area contributed by atoms with Crippen molar-refractivity contribution < 1.29 is 42.4 Å². The first-order valence-corrected chi connectivity index (χ1v) is 10.5. The average Bonchev–Trinajstić information content (AvgIpc) is 2.68. The smallest absolute Gasteiger partial charge is 0.358 e. The molecular formula is C22H12ClIO4. The summed E-state index contributed by atoms with van der Waals surface area (Å²) >= 11 is -0.530. The van der Waals surface area contributed by atoms with Gasteiger partial charge in [0.25, 0.3) is 0 Å². The van der Waals surface area contributed by atoms with Crippen LogP contribution in [-0.4, -0.2) is 0 Å². The third-order valence-electron chi connectivity index (χ3n) is 4.34. The largest absolute Gasteiger partial charge is 1.00 e. The van der Waals surface area contributed by atoms with Gasteiger partial charge in [-0.25, -0.2) is 4.79 Å². The highest BCUT2D eigenvalue weighted by molar-refractivity contribution is 5.89. The van der Waals surface area contributed by atoms with Gasteiger partial charge in [0.05, 0.1) is 10.8 Å². The molecule has 0 atom stereocenters. The third-order valence-corrected chi connectivity index (χ3v) is 6.93. The van der Waals surface area contributed by atoms with Gasteiger partial charge in [0.1, 0.15) is 16.7 Å². The molecule has 0 radical (unpaired) electrons. The van der Waals surface area contributed by atoms with Crippen molar-refractivity contribution in [3.8, 4) is 0 Å². The van der Waals surface area contributed by atoms with Gasteiger partial charge in [0.2, 0.25) is 5.43 Å². The van der Waals surface area contributed by atoms with Crippen molar-refractivity contribution in [1.82, 2.24) is 0 Å².